The van der Waals surface area contributed by atoms with Crippen LogP contribution in [0.1, 0.15) is 78.6 Å². The zero-order valence-electron chi connectivity index (χ0n) is 13.9. The predicted molar refractivity (Wildman–Crippen MR) is 92.6 cm³/mol. The molecule has 120 valence electrons. The van der Waals surface area contributed by atoms with Gasteiger partial charge in [0, 0.05) is 18.5 Å². The second-order valence-corrected chi connectivity index (χ2v) is 7.82. The average Bonchev–Trinajstić information content (AvgIpc) is 2.46. The molecule has 0 saturated heterocycles. The third-order valence-corrected chi connectivity index (χ3v) is 6.22. The fourth-order valence-electron chi connectivity index (χ4n) is 3.23. The van der Waals surface area contributed by atoms with Gasteiger partial charge in [-0.05, 0) is 55.8 Å². The van der Waals surface area contributed by atoms with Crippen LogP contribution in [0, 0.1) is 17.3 Å². The van der Waals surface area contributed by atoms with Gasteiger partial charge in [0.15, 0.2) is 0 Å². The molecule has 0 spiro atoms. The Morgan fingerprint density at radius 2 is 1.90 bits per heavy atom. The number of hydrogen-bond acceptors (Lipinski definition) is 1. The second kappa shape index (κ2) is 10.2. The number of ether oxygens (including phenoxy) is 1. The molecule has 1 nitrogen and oxygen atoms in total. The highest BCUT2D eigenvalue weighted by Crippen LogP contribution is 2.44. The molecule has 0 heterocycles. The molecular formula is C18H35BrO. The maximum atomic E-state index is 5.84. The van der Waals surface area contributed by atoms with Crippen molar-refractivity contribution in [1.82, 2.24) is 0 Å². The summed E-state index contributed by atoms with van der Waals surface area (Å²) in [6.45, 7) is 8.73. The fraction of sp³-hybridized carbons (Fsp3) is 1.00. The lowest BCUT2D eigenvalue weighted by atomic mass is 9.69. The first-order valence-corrected chi connectivity index (χ1v) is 9.88. The standard InChI is InChI=1S/C18H35BrO/c1-4-5-6-17-7-10-18(15-19,11-8-17)12-14-20-13-9-16(2)3/h16-17H,4-15H2,1-3H3. The molecule has 0 aromatic heterocycles. The van der Waals surface area contributed by atoms with Crippen LogP contribution < -0.4 is 0 Å². The number of unbranched alkanes of at least 4 members (excludes halogenated alkanes) is 1. The van der Waals surface area contributed by atoms with E-state index in [0.29, 0.717) is 5.41 Å². The molecule has 0 N–H and O–H groups in total. The monoisotopic (exact) mass is 346 g/mol. The topological polar surface area (TPSA) is 9.23 Å². The van der Waals surface area contributed by atoms with Crippen molar-refractivity contribution in [3.05, 3.63) is 0 Å². The lowest BCUT2D eigenvalue weighted by molar-refractivity contribution is 0.0699. The van der Waals surface area contributed by atoms with Crippen LogP contribution in [0.25, 0.3) is 0 Å². The molecule has 0 radical (unpaired) electrons. The first-order valence-electron chi connectivity index (χ1n) is 8.75. The van der Waals surface area contributed by atoms with Crippen LogP contribution >= 0.6 is 15.9 Å². The SMILES string of the molecule is CCCCC1CCC(CBr)(CCOCCC(C)C)CC1. The summed E-state index contributed by atoms with van der Waals surface area (Å²) in [5.74, 6) is 1.76. The lowest BCUT2D eigenvalue weighted by Gasteiger charge is -2.39. The Hall–Kier alpha value is 0.440. The Bertz CT molecular complexity index is 232. The molecule has 1 saturated carbocycles. The summed E-state index contributed by atoms with van der Waals surface area (Å²) in [7, 11) is 0. The number of rotatable bonds is 10. The van der Waals surface area contributed by atoms with Gasteiger partial charge in [-0.3, -0.25) is 0 Å². The summed E-state index contributed by atoms with van der Waals surface area (Å²) in [6.07, 6.45) is 12.4. The van der Waals surface area contributed by atoms with Crippen molar-refractivity contribution in [2.24, 2.45) is 17.3 Å². The van der Waals surface area contributed by atoms with Crippen molar-refractivity contribution in [3.8, 4) is 0 Å². The second-order valence-electron chi connectivity index (χ2n) is 7.26. The van der Waals surface area contributed by atoms with Crippen molar-refractivity contribution in [1.29, 1.82) is 0 Å². The summed E-state index contributed by atoms with van der Waals surface area (Å²) in [5.41, 5.74) is 0.528. The summed E-state index contributed by atoms with van der Waals surface area (Å²) < 4.78 is 5.84. The third kappa shape index (κ3) is 6.93. The molecule has 0 atom stereocenters. The molecule has 0 amide bonds. The third-order valence-electron chi connectivity index (χ3n) is 5.03. The Morgan fingerprint density at radius 1 is 1.20 bits per heavy atom. The minimum Gasteiger partial charge on any atom is -0.381 e. The summed E-state index contributed by atoms with van der Waals surface area (Å²) in [6, 6.07) is 0. The van der Waals surface area contributed by atoms with Gasteiger partial charge in [0.25, 0.3) is 0 Å². The Balaban J connectivity index is 2.21. The Labute approximate surface area is 135 Å². The maximum absolute atomic E-state index is 5.84. The fourth-order valence-corrected chi connectivity index (χ4v) is 4.07. The summed E-state index contributed by atoms with van der Waals surface area (Å²) in [5, 5.41) is 1.16. The van der Waals surface area contributed by atoms with Gasteiger partial charge in [-0.2, -0.15) is 0 Å². The molecule has 1 rings (SSSR count). The van der Waals surface area contributed by atoms with E-state index >= 15 is 0 Å². The number of alkyl halides is 1. The van der Waals surface area contributed by atoms with Gasteiger partial charge in [0.1, 0.15) is 0 Å². The first-order chi connectivity index (χ1) is 9.62. The van der Waals surface area contributed by atoms with Crippen LogP contribution in [-0.4, -0.2) is 18.5 Å². The van der Waals surface area contributed by atoms with Gasteiger partial charge in [-0.25, -0.2) is 0 Å². The molecule has 1 aliphatic rings. The van der Waals surface area contributed by atoms with Crippen molar-refractivity contribution in [3.63, 3.8) is 0 Å². The normalized spacial score (nSPS) is 27.1. The molecule has 0 unspecified atom stereocenters. The molecule has 0 aromatic rings. The van der Waals surface area contributed by atoms with Crippen LogP contribution in [0.2, 0.25) is 0 Å². The van der Waals surface area contributed by atoms with E-state index in [1.54, 1.807) is 0 Å². The average molecular weight is 347 g/mol. The van der Waals surface area contributed by atoms with Crippen LogP contribution in [0.15, 0.2) is 0 Å². The van der Waals surface area contributed by atoms with E-state index in [2.05, 4.69) is 36.7 Å². The molecule has 0 aliphatic heterocycles. The van der Waals surface area contributed by atoms with Crippen molar-refractivity contribution in [2.75, 3.05) is 18.5 Å². The van der Waals surface area contributed by atoms with Gasteiger partial charge in [-0.1, -0.05) is 56.0 Å². The van der Waals surface area contributed by atoms with E-state index in [1.165, 1.54) is 57.8 Å². The maximum Gasteiger partial charge on any atom is 0.0471 e. The highest BCUT2D eigenvalue weighted by atomic mass is 79.9. The zero-order chi connectivity index (χ0) is 14.8. The van der Waals surface area contributed by atoms with E-state index in [-0.39, 0.29) is 0 Å². The smallest absolute Gasteiger partial charge is 0.0471 e. The van der Waals surface area contributed by atoms with Gasteiger partial charge in [0.2, 0.25) is 0 Å². The minimum atomic E-state index is 0.528. The zero-order valence-corrected chi connectivity index (χ0v) is 15.5. The minimum absolute atomic E-state index is 0.528. The van der Waals surface area contributed by atoms with Crippen LogP contribution in [0.3, 0.4) is 0 Å². The number of halogens is 1. The van der Waals surface area contributed by atoms with Crippen molar-refractivity contribution < 1.29 is 4.74 Å². The van der Waals surface area contributed by atoms with E-state index < -0.39 is 0 Å². The summed E-state index contributed by atoms with van der Waals surface area (Å²) >= 11 is 3.78. The van der Waals surface area contributed by atoms with E-state index in [0.717, 1.165) is 30.4 Å². The molecule has 20 heavy (non-hydrogen) atoms. The molecular weight excluding hydrogens is 312 g/mol. The Morgan fingerprint density at radius 3 is 2.45 bits per heavy atom. The number of hydrogen-bond donors (Lipinski definition) is 0. The Kier molecular flexibility index (Phi) is 9.44. The van der Waals surface area contributed by atoms with Crippen LogP contribution in [0.4, 0.5) is 0 Å². The van der Waals surface area contributed by atoms with Crippen molar-refractivity contribution >= 4 is 15.9 Å². The largest absolute Gasteiger partial charge is 0.381 e. The van der Waals surface area contributed by atoms with Crippen LogP contribution in [0.5, 0.6) is 0 Å². The van der Waals surface area contributed by atoms with Crippen LogP contribution in [-0.2, 0) is 4.74 Å². The molecule has 0 bridgehead atoms. The van der Waals surface area contributed by atoms with E-state index in [4.69, 9.17) is 4.74 Å². The van der Waals surface area contributed by atoms with E-state index in [9.17, 15) is 0 Å². The van der Waals surface area contributed by atoms with Gasteiger partial charge >= 0.3 is 0 Å². The van der Waals surface area contributed by atoms with Gasteiger partial charge < -0.3 is 4.74 Å². The molecule has 2 heteroatoms. The van der Waals surface area contributed by atoms with Gasteiger partial charge in [0.05, 0.1) is 0 Å². The lowest BCUT2D eigenvalue weighted by Crippen LogP contribution is -2.30. The molecule has 1 fully saturated rings. The highest BCUT2D eigenvalue weighted by molar-refractivity contribution is 9.09. The first kappa shape index (κ1) is 18.5. The molecule has 1 aliphatic carbocycles. The predicted octanol–water partition coefficient (Wildman–Crippen LogP) is 6.20. The van der Waals surface area contributed by atoms with Crippen molar-refractivity contribution in [2.45, 2.75) is 78.6 Å². The van der Waals surface area contributed by atoms with Gasteiger partial charge in [-0.15, -0.1) is 0 Å². The highest BCUT2D eigenvalue weighted by Gasteiger charge is 2.33. The molecule has 0 aromatic carbocycles. The summed E-state index contributed by atoms with van der Waals surface area (Å²) in [4.78, 5) is 0. The quantitative estimate of drug-likeness (QED) is 0.338. The van der Waals surface area contributed by atoms with E-state index in [1.807, 2.05) is 0 Å².